The van der Waals surface area contributed by atoms with Gasteiger partial charge in [-0.15, -0.1) is 0 Å². The molecule has 0 spiro atoms. The highest BCUT2D eigenvalue weighted by molar-refractivity contribution is 5.47. The van der Waals surface area contributed by atoms with Crippen LogP contribution in [0.3, 0.4) is 0 Å². The van der Waals surface area contributed by atoms with Crippen LogP contribution in [0.1, 0.15) is 6.42 Å². The lowest BCUT2D eigenvalue weighted by atomic mass is 10.3. The van der Waals surface area contributed by atoms with Gasteiger partial charge in [-0.2, -0.15) is 0 Å². The number of aliphatic hydroxyl groups is 1. The minimum Gasteiger partial charge on any atom is -0.394 e. The van der Waals surface area contributed by atoms with Crippen LogP contribution in [0.15, 0.2) is 6.07 Å². The van der Waals surface area contributed by atoms with E-state index in [0.717, 1.165) is 6.07 Å². The van der Waals surface area contributed by atoms with Gasteiger partial charge in [0.2, 0.25) is 0 Å². The van der Waals surface area contributed by atoms with Gasteiger partial charge in [-0.05, 0) is 6.42 Å². The molecule has 0 radical (unpaired) electrons. The molecule has 1 aromatic rings. The molecule has 7 heteroatoms. The minimum atomic E-state index is -0.734. The molecule has 3 N–H and O–H groups in total. The molecule has 0 bridgehead atoms. The van der Waals surface area contributed by atoms with Crippen molar-refractivity contribution in [1.29, 1.82) is 0 Å². The third-order valence-electron chi connectivity index (χ3n) is 2.16. The third-order valence-corrected chi connectivity index (χ3v) is 2.16. The third kappa shape index (κ3) is 4.42. The van der Waals surface area contributed by atoms with Crippen LogP contribution in [0, 0.1) is 11.6 Å². The van der Waals surface area contributed by atoms with Crippen molar-refractivity contribution in [3.63, 3.8) is 0 Å². The van der Waals surface area contributed by atoms with E-state index in [1.165, 1.54) is 7.05 Å². The normalized spacial score (nSPS) is 10.4. The van der Waals surface area contributed by atoms with Crippen LogP contribution in [-0.4, -0.2) is 43.5 Å². The van der Waals surface area contributed by atoms with Crippen LogP contribution in [0.5, 0.6) is 0 Å². The van der Waals surface area contributed by atoms with Crippen molar-refractivity contribution in [1.82, 2.24) is 4.98 Å². The molecule has 0 aliphatic heterocycles. The molecule has 102 valence electrons. The standard InChI is InChI=1S/C11H17F2N3O2/c1-14-10-8(12)7-9(13)11(16-10)15-3-2-5-18-6-4-17/h7,17H,2-6H2,1H3,(H2,14,15,16). The molecule has 18 heavy (non-hydrogen) atoms. The van der Waals surface area contributed by atoms with E-state index in [-0.39, 0.29) is 24.8 Å². The first-order valence-corrected chi connectivity index (χ1v) is 5.65. The van der Waals surface area contributed by atoms with Gasteiger partial charge in [0.05, 0.1) is 13.2 Å². The summed E-state index contributed by atoms with van der Waals surface area (Å²) in [7, 11) is 1.51. The Balaban J connectivity index is 2.42. The number of aliphatic hydroxyl groups excluding tert-OH is 1. The Hall–Kier alpha value is -1.47. The molecule has 1 aromatic heterocycles. The molecule has 0 amide bonds. The largest absolute Gasteiger partial charge is 0.394 e. The van der Waals surface area contributed by atoms with Gasteiger partial charge in [0.15, 0.2) is 23.3 Å². The van der Waals surface area contributed by atoms with E-state index in [0.29, 0.717) is 19.6 Å². The van der Waals surface area contributed by atoms with Gasteiger partial charge in [-0.25, -0.2) is 13.8 Å². The molecular weight excluding hydrogens is 244 g/mol. The van der Waals surface area contributed by atoms with Crippen molar-refractivity contribution in [2.75, 3.05) is 44.0 Å². The highest BCUT2D eigenvalue weighted by Gasteiger charge is 2.10. The van der Waals surface area contributed by atoms with Crippen LogP contribution in [0.25, 0.3) is 0 Å². The molecule has 0 aliphatic rings. The van der Waals surface area contributed by atoms with E-state index in [1.54, 1.807) is 0 Å². The van der Waals surface area contributed by atoms with Crippen LogP contribution >= 0.6 is 0 Å². The average molecular weight is 261 g/mol. The number of nitrogens with zero attached hydrogens (tertiary/aromatic N) is 1. The van der Waals surface area contributed by atoms with Crippen LogP contribution in [0.2, 0.25) is 0 Å². The lowest BCUT2D eigenvalue weighted by Crippen LogP contribution is -2.11. The second-order valence-corrected chi connectivity index (χ2v) is 3.52. The fraction of sp³-hybridized carbons (Fsp3) is 0.545. The van der Waals surface area contributed by atoms with Crippen molar-refractivity contribution in [2.24, 2.45) is 0 Å². The van der Waals surface area contributed by atoms with E-state index in [9.17, 15) is 8.78 Å². The molecule has 0 unspecified atom stereocenters. The van der Waals surface area contributed by atoms with E-state index in [1.807, 2.05) is 0 Å². The van der Waals surface area contributed by atoms with Gasteiger partial charge < -0.3 is 20.5 Å². The van der Waals surface area contributed by atoms with Crippen molar-refractivity contribution in [2.45, 2.75) is 6.42 Å². The summed E-state index contributed by atoms with van der Waals surface area (Å²) >= 11 is 0. The zero-order valence-electron chi connectivity index (χ0n) is 10.2. The molecule has 0 aromatic carbocycles. The minimum absolute atomic E-state index is 0.00269. The summed E-state index contributed by atoms with van der Waals surface area (Å²) in [5, 5.41) is 13.8. The van der Waals surface area contributed by atoms with Gasteiger partial charge in [-0.1, -0.05) is 0 Å². The smallest absolute Gasteiger partial charge is 0.168 e. The van der Waals surface area contributed by atoms with Gasteiger partial charge in [0.25, 0.3) is 0 Å². The van der Waals surface area contributed by atoms with Gasteiger partial charge >= 0.3 is 0 Å². The summed E-state index contributed by atoms with van der Waals surface area (Å²) in [6.07, 6.45) is 0.632. The van der Waals surface area contributed by atoms with E-state index < -0.39 is 11.6 Å². The van der Waals surface area contributed by atoms with E-state index in [2.05, 4.69) is 15.6 Å². The molecule has 0 fully saturated rings. The number of rotatable bonds is 8. The fourth-order valence-electron chi connectivity index (χ4n) is 1.31. The fourth-order valence-corrected chi connectivity index (χ4v) is 1.31. The molecular formula is C11H17F2N3O2. The van der Waals surface area contributed by atoms with Gasteiger partial charge in [-0.3, -0.25) is 0 Å². The number of pyridine rings is 1. The van der Waals surface area contributed by atoms with Gasteiger partial charge in [0.1, 0.15) is 0 Å². The van der Waals surface area contributed by atoms with Crippen LogP contribution in [0.4, 0.5) is 20.4 Å². The van der Waals surface area contributed by atoms with Crippen LogP contribution < -0.4 is 10.6 Å². The van der Waals surface area contributed by atoms with Crippen molar-refractivity contribution in [3.8, 4) is 0 Å². The summed E-state index contributed by atoms with van der Waals surface area (Å²) in [6.45, 7) is 1.17. The maximum absolute atomic E-state index is 13.3. The molecule has 1 heterocycles. The average Bonchev–Trinajstić information content (AvgIpc) is 2.36. The Kier molecular flexibility index (Phi) is 6.31. The molecule has 0 saturated heterocycles. The van der Waals surface area contributed by atoms with Crippen molar-refractivity contribution < 1.29 is 18.6 Å². The predicted molar refractivity (Wildman–Crippen MR) is 64.7 cm³/mol. The summed E-state index contributed by atoms with van der Waals surface area (Å²) in [5.74, 6) is -1.46. The topological polar surface area (TPSA) is 66.4 Å². The Labute approximate surface area is 104 Å². The number of hydrogen-bond donors (Lipinski definition) is 3. The molecule has 0 aliphatic carbocycles. The number of nitrogens with one attached hydrogen (secondary N) is 2. The highest BCUT2D eigenvalue weighted by atomic mass is 19.1. The Bertz CT molecular complexity index is 378. The maximum atomic E-state index is 13.3. The Morgan fingerprint density at radius 2 is 2.00 bits per heavy atom. The van der Waals surface area contributed by atoms with Crippen molar-refractivity contribution in [3.05, 3.63) is 17.7 Å². The number of aromatic nitrogens is 1. The quantitative estimate of drug-likeness (QED) is 0.614. The number of halogens is 2. The first-order valence-electron chi connectivity index (χ1n) is 5.65. The predicted octanol–water partition coefficient (Wildman–Crippen LogP) is 1.21. The zero-order valence-corrected chi connectivity index (χ0v) is 10.2. The molecule has 0 atom stereocenters. The lowest BCUT2D eigenvalue weighted by Gasteiger charge is -2.09. The Morgan fingerprint density at radius 3 is 2.67 bits per heavy atom. The second-order valence-electron chi connectivity index (χ2n) is 3.52. The van der Waals surface area contributed by atoms with E-state index in [4.69, 9.17) is 9.84 Å². The van der Waals surface area contributed by atoms with Gasteiger partial charge in [0, 0.05) is 26.3 Å². The Morgan fingerprint density at radius 1 is 1.28 bits per heavy atom. The number of anilines is 2. The maximum Gasteiger partial charge on any atom is 0.168 e. The monoisotopic (exact) mass is 261 g/mol. The number of hydrogen-bond acceptors (Lipinski definition) is 5. The molecule has 5 nitrogen and oxygen atoms in total. The summed E-state index contributed by atoms with van der Waals surface area (Å²) in [6, 6.07) is 0.781. The summed E-state index contributed by atoms with van der Waals surface area (Å²) in [5.41, 5.74) is 0. The molecule has 1 rings (SSSR count). The first-order chi connectivity index (χ1) is 8.69. The SMILES string of the molecule is CNc1nc(NCCCOCCO)c(F)cc1F. The van der Waals surface area contributed by atoms with Crippen LogP contribution in [-0.2, 0) is 4.74 Å². The molecule has 0 saturated carbocycles. The first kappa shape index (κ1) is 14.6. The lowest BCUT2D eigenvalue weighted by molar-refractivity contribution is 0.0921. The zero-order chi connectivity index (χ0) is 13.4. The number of ether oxygens (including phenoxy) is 1. The second kappa shape index (κ2) is 7.78. The summed E-state index contributed by atoms with van der Waals surface area (Å²) < 4.78 is 31.5. The highest BCUT2D eigenvalue weighted by Crippen LogP contribution is 2.18. The summed E-state index contributed by atoms with van der Waals surface area (Å²) in [4.78, 5) is 3.77. The van der Waals surface area contributed by atoms with E-state index >= 15 is 0 Å². The van der Waals surface area contributed by atoms with Crippen molar-refractivity contribution >= 4 is 11.6 Å².